The van der Waals surface area contributed by atoms with Gasteiger partial charge in [0.15, 0.2) is 0 Å². The van der Waals surface area contributed by atoms with Gasteiger partial charge in [0.25, 0.3) is 11.8 Å². The molecule has 0 spiro atoms. The van der Waals surface area contributed by atoms with Crippen LogP contribution in [0, 0.1) is 27.7 Å². The number of aryl methyl sites for hydroxylation is 3. The maximum Gasteiger partial charge on any atom is 0.258 e. The molecule has 2 heterocycles. The lowest BCUT2D eigenvalue weighted by Gasteiger charge is -2.14. The molecule has 8 heteroatoms. The lowest BCUT2D eigenvalue weighted by Crippen LogP contribution is -2.14. The van der Waals surface area contributed by atoms with E-state index in [9.17, 15) is 9.59 Å². The van der Waals surface area contributed by atoms with Crippen molar-refractivity contribution in [2.45, 2.75) is 27.7 Å². The van der Waals surface area contributed by atoms with Gasteiger partial charge >= 0.3 is 0 Å². The minimum absolute atomic E-state index is 0.291. The molecule has 0 atom stereocenters. The van der Waals surface area contributed by atoms with E-state index in [-0.39, 0.29) is 11.8 Å². The molecule has 38 heavy (non-hydrogen) atoms. The Bertz CT molecular complexity index is 1710. The van der Waals surface area contributed by atoms with E-state index in [2.05, 4.69) is 15.8 Å². The quantitative estimate of drug-likeness (QED) is 0.252. The van der Waals surface area contributed by atoms with Crippen LogP contribution in [0.2, 0.25) is 5.02 Å². The second kappa shape index (κ2) is 10.1. The summed E-state index contributed by atoms with van der Waals surface area (Å²) in [5, 5.41) is 10.8. The summed E-state index contributed by atoms with van der Waals surface area (Å²) in [4.78, 5) is 31.0. The molecule has 5 rings (SSSR count). The maximum atomic E-state index is 13.5. The molecular weight excluding hydrogens is 500 g/mol. The van der Waals surface area contributed by atoms with Gasteiger partial charge in [0.1, 0.15) is 0 Å². The zero-order chi connectivity index (χ0) is 27.0. The molecule has 0 radical (unpaired) electrons. The van der Waals surface area contributed by atoms with E-state index < -0.39 is 0 Å². The highest BCUT2D eigenvalue weighted by molar-refractivity contribution is 6.33. The molecule has 0 bridgehead atoms. The summed E-state index contributed by atoms with van der Waals surface area (Å²) in [6.07, 6.45) is 0. The number of nitrogens with zero attached hydrogens (tertiary/aromatic N) is 2. The second-order valence-corrected chi connectivity index (χ2v) is 9.63. The van der Waals surface area contributed by atoms with Crippen LogP contribution in [-0.4, -0.2) is 22.0 Å². The predicted molar refractivity (Wildman–Crippen MR) is 150 cm³/mol. The Hall–Kier alpha value is -4.49. The molecular formula is C30H25ClN4O3. The first-order valence-corrected chi connectivity index (χ1v) is 12.4. The number of halogens is 1. The van der Waals surface area contributed by atoms with Gasteiger partial charge in [-0.25, -0.2) is 4.98 Å². The normalized spacial score (nSPS) is 11.0. The average molecular weight is 525 g/mol. The van der Waals surface area contributed by atoms with Crippen LogP contribution < -0.4 is 10.6 Å². The van der Waals surface area contributed by atoms with E-state index in [1.807, 2.05) is 51.1 Å². The number of anilines is 2. The number of rotatable bonds is 5. The molecule has 190 valence electrons. The molecule has 5 aromatic rings. The van der Waals surface area contributed by atoms with Crippen molar-refractivity contribution in [2.24, 2.45) is 0 Å². The van der Waals surface area contributed by atoms with E-state index in [1.54, 1.807) is 43.3 Å². The van der Waals surface area contributed by atoms with Crippen molar-refractivity contribution < 1.29 is 14.1 Å². The standard InChI is InChI=1S/C30H25ClN4O3/c1-16-13-17(2)27-23(14-16)24(15-26(33-27)22-7-5-6-8-25(22)31)29(37)32-21-11-9-20(10-12-21)28(36)34-30-18(3)19(4)35-38-30/h5-15H,1-4H3,(H,32,37)(H,34,36). The van der Waals surface area contributed by atoms with Crippen LogP contribution in [0.25, 0.3) is 22.2 Å². The molecule has 0 aliphatic carbocycles. The van der Waals surface area contributed by atoms with E-state index in [0.29, 0.717) is 39.1 Å². The molecule has 2 N–H and O–H groups in total. The molecule has 7 nitrogen and oxygen atoms in total. The van der Waals surface area contributed by atoms with Gasteiger partial charge in [-0.1, -0.05) is 46.6 Å². The Morgan fingerprint density at radius 1 is 0.868 bits per heavy atom. The Balaban J connectivity index is 1.45. The molecule has 3 aromatic carbocycles. The maximum absolute atomic E-state index is 13.5. The Labute approximate surface area is 224 Å². The number of nitrogens with one attached hydrogen (secondary N) is 2. The monoisotopic (exact) mass is 524 g/mol. The van der Waals surface area contributed by atoms with Crippen molar-refractivity contribution in [1.82, 2.24) is 10.1 Å². The molecule has 0 aliphatic heterocycles. The number of aromatic nitrogens is 2. The highest BCUT2D eigenvalue weighted by atomic mass is 35.5. The first-order chi connectivity index (χ1) is 18.2. The van der Waals surface area contributed by atoms with Crippen molar-refractivity contribution in [3.05, 3.63) is 105 Å². The molecule has 2 aromatic heterocycles. The zero-order valence-corrected chi connectivity index (χ0v) is 22.1. The fourth-order valence-corrected chi connectivity index (χ4v) is 4.52. The van der Waals surface area contributed by atoms with E-state index in [1.165, 1.54) is 0 Å². The largest absolute Gasteiger partial charge is 0.338 e. The molecule has 0 aliphatic rings. The molecule has 2 amide bonds. The summed E-state index contributed by atoms with van der Waals surface area (Å²) in [5.74, 6) is -0.312. The van der Waals surface area contributed by atoms with Gasteiger partial charge in [-0.15, -0.1) is 0 Å². The van der Waals surface area contributed by atoms with Crippen molar-refractivity contribution in [2.75, 3.05) is 10.6 Å². The highest BCUT2D eigenvalue weighted by Gasteiger charge is 2.18. The third kappa shape index (κ3) is 4.88. The number of amides is 2. The minimum Gasteiger partial charge on any atom is -0.338 e. The number of carbonyl (C=O) groups excluding carboxylic acids is 2. The van der Waals surface area contributed by atoms with Crippen molar-refractivity contribution in [3.8, 4) is 11.3 Å². The van der Waals surface area contributed by atoms with Crippen LogP contribution in [0.4, 0.5) is 11.6 Å². The summed E-state index contributed by atoms with van der Waals surface area (Å²) in [6, 6.07) is 19.8. The summed E-state index contributed by atoms with van der Waals surface area (Å²) in [7, 11) is 0. The van der Waals surface area contributed by atoms with Crippen molar-refractivity contribution in [1.29, 1.82) is 0 Å². The van der Waals surface area contributed by atoms with Gasteiger partial charge in [-0.2, -0.15) is 0 Å². The van der Waals surface area contributed by atoms with Crippen molar-refractivity contribution >= 4 is 45.9 Å². The van der Waals surface area contributed by atoms with Crippen LogP contribution in [0.5, 0.6) is 0 Å². The first-order valence-electron chi connectivity index (χ1n) is 12.0. The first kappa shape index (κ1) is 25.2. The Morgan fingerprint density at radius 2 is 1.61 bits per heavy atom. The summed E-state index contributed by atoms with van der Waals surface area (Å²) < 4.78 is 5.16. The molecule has 0 unspecified atom stereocenters. The van der Waals surface area contributed by atoms with Crippen LogP contribution in [-0.2, 0) is 0 Å². The van der Waals surface area contributed by atoms with Crippen LogP contribution in [0.3, 0.4) is 0 Å². The Kier molecular flexibility index (Phi) is 6.70. The number of benzene rings is 3. The Morgan fingerprint density at radius 3 is 2.29 bits per heavy atom. The number of pyridine rings is 1. The molecule has 0 saturated heterocycles. The number of hydrogen-bond donors (Lipinski definition) is 2. The fourth-order valence-electron chi connectivity index (χ4n) is 4.29. The fraction of sp³-hybridized carbons (Fsp3) is 0.133. The van der Waals surface area contributed by atoms with Gasteiger partial charge in [0.2, 0.25) is 5.88 Å². The SMILES string of the molecule is Cc1cc(C)c2nc(-c3ccccc3Cl)cc(C(=O)Nc3ccc(C(=O)Nc4onc(C)c4C)cc3)c2c1. The van der Waals surface area contributed by atoms with Crippen molar-refractivity contribution in [3.63, 3.8) is 0 Å². The topological polar surface area (TPSA) is 97.1 Å². The predicted octanol–water partition coefficient (Wildman–Crippen LogP) is 7.28. The average Bonchev–Trinajstić information content (AvgIpc) is 3.21. The van der Waals surface area contributed by atoms with Gasteiger partial charge in [0, 0.05) is 32.8 Å². The zero-order valence-electron chi connectivity index (χ0n) is 21.3. The van der Waals surface area contributed by atoms with E-state index in [4.69, 9.17) is 21.1 Å². The number of carbonyl (C=O) groups is 2. The van der Waals surface area contributed by atoms with Crippen LogP contribution >= 0.6 is 11.6 Å². The molecule has 0 fully saturated rings. The van der Waals surface area contributed by atoms with Gasteiger partial charge < -0.3 is 9.84 Å². The second-order valence-electron chi connectivity index (χ2n) is 9.22. The van der Waals surface area contributed by atoms with Crippen LogP contribution in [0.15, 0.2) is 71.3 Å². The van der Waals surface area contributed by atoms with Gasteiger partial charge in [-0.05, 0) is 75.7 Å². The lowest BCUT2D eigenvalue weighted by molar-refractivity contribution is 0.101. The summed E-state index contributed by atoms with van der Waals surface area (Å²) >= 11 is 6.46. The number of hydrogen-bond acceptors (Lipinski definition) is 5. The highest BCUT2D eigenvalue weighted by Crippen LogP contribution is 2.32. The molecule has 0 saturated carbocycles. The van der Waals surface area contributed by atoms with E-state index >= 15 is 0 Å². The summed E-state index contributed by atoms with van der Waals surface area (Å²) in [6.45, 7) is 7.59. The minimum atomic E-state index is -0.336. The summed E-state index contributed by atoms with van der Waals surface area (Å²) in [5.41, 5.74) is 7.03. The number of fused-ring (bicyclic) bond motifs is 1. The third-order valence-corrected chi connectivity index (χ3v) is 6.76. The smallest absolute Gasteiger partial charge is 0.258 e. The lowest BCUT2D eigenvalue weighted by atomic mass is 9.99. The third-order valence-electron chi connectivity index (χ3n) is 6.43. The van der Waals surface area contributed by atoms with Gasteiger partial charge in [0.05, 0.1) is 22.5 Å². The van der Waals surface area contributed by atoms with E-state index in [0.717, 1.165) is 33.2 Å². The van der Waals surface area contributed by atoms with Gasteiger partial charge in [-0.3, -0.25) is 14.9 Å². The van der Waals surface area contributed by atoms with Crippen LogP contribution in [0.1, 0.15) is 43.1 Å².